The molecule has 2 aliphatic carbocycles. The summed E-state index contributed by atoms with van der Waals surface area (Å²) in [6, 6.07) is 16.6. The number of halogens is 1. The van der Waals surface area contributed by atoms with E-state index in [0.29, 0.717) is 24.2 Å². The third-order valence-corrected chi connectivity index (χ3v) is 8.84. The molecule has 0 radical (unpaired) electrons. The molecule has 5 nitrogen and oxygen atoms in total. The maximum absolute atomic E-state index is 14.0. The van der Waals surface area contributed by atoms with Crippen LogP contribution in [0.1, 0.15) is 49.7 Å². The average molecular weight is 487 g/mol. The molecule has 6 rings (SSSR count). The SMILES string of the molecule is C[C@@H](C(=O)N1C(=O)OC[C@H]1Cc1ccccc1)C1C[C@@H]2C[C@H](c3ccnc4ccc(F)cc34)C[C@@H]2C1. The monoisotopic (exact) mass is 486 g/mol. The van der Waals surface area contributed by atoms with Crippen molar-refractivity contribution in [1.29, 1.82) is 0 Å². The Morgan fingerprint density at radius 2 is 1.83 bits per heavy atom. The predicted molar refractivity (Wildman–Crippen MR) is 135 cm³/mol. The van der Waals surface area contributed by atoms with Crippen LogP contribution in [-0.4, -0.2) is 34.5 Å². The Kier molecular flexibility index (Phi) is 5.98. The van der Waals surface area contributed by atoms with Crippen LogP contribution in [-0.2, 0) is 16.0 Å². The highest BCUT2D eigenvalue weighted by atomic mass is 19.1. The van der Waals surface area contributed by atoms with Gasteiger partial charge in [0.2, 0.25) is 5.91 Å². The molecule has 2 amide bonds. The minimum atomic E-state index is -0.511. The van der Waals surface area contributed by atoms with Gasteiger partial charge in [0.15, 0.2) is 0 Å². The quantitative estimate of drug-likeness (QED) is 0.436. The number of cyclic esters (lactones) is 1. The molecular weight excluding hydrogens is 455 g/mol. The first-order valence-corrected chi connectivity index (χ1v) is 13.1. The Hall–Kier alpha value is -3.28. The lowest BCUT2D eigenvalue weighted by molar-refractivity contribution is -0.134. The summed E-state index contributed by atoms with van der Waals surface area (Å²) >= 11 is 0. The zero-order valence-electron chi connectivity index (χ0n) is 20.5. The van der Waals surface area contributed by atoms with Gasteiger partial charge >= 0.3 is 6.09 Å². The van der Waals surface area contributed by atoms with Gasteiger partial charge in [-0.3, -0.25) is 9.78 Å². The molecule has 0 bridgehead atoms. The number of amides is 2. The number of fused-ring (bicyclic) bond motifs is 2. The van der Waals surface area contributed by atoms with E-state index in [0.717, 1.165) is 42.1 Å². The summed E-state index contributed by atoms with van der Waals surface area (Å²) in [4.78, 5) is 31.8. The highest BCUT2D eigenvalue weighted by Crippen LogP contribution is 2.54. The summed E-state index contributed by atoms with van der Waals surface area (Å²) in [6.45, 7) is 2.24. The van der Waals surface area contributed by atoms with E-state index in [-0.39, 0.29) is 36.2 Å². The maximum Gasteiger partial charge on any atom is 0.416 e. The Bertz CT molecular complexity index is 1280. The normalized spacial score (nSPS) is 28.3. The standard InChI is InChI=1S/C30H31FN2O3/c1-18(29(34)33-25(17-36-30(33)35)11-19-5-3-2-4-6-19)20-12-21-14-23(15-22(21)13-20)26-9-10-32-28-8-7-24(31)16-27(26)28/h2-10,16,18,20-23,25H,11-15,17H2,1H3/t18-,20?,21-,22+,23+,25-/m1/s1. The lowest BCUT2D eigenvalue weighted by atomic mass is 9.85. The van der Waals surface area contributed by atoms with Gasteiger partial charge in [-0.1, -0.05) is 37.3 Å². The topological polar surface area (TPSA) is 59.5 Å². The number of nitrogens with zero attached hydrogens (tertiary/aromatic N) is 2. The Balaban J connectivity index is 1.12. The van der Waals surface area contributed by atoms with Crippen LogP contribution in [0.5, 0.6) is 0 Å². The third-order valence-electron chi connectivity index (χ3n) is 8.84. The van der Waals surface area contributed by atoms with Crippen LogP contribution < -0.4 is 0 Å². The van der Waals surface area contributed by atoms with Gasteiger partial charge in [0.05, 0.1) is 11.6 Å². The fourth-order valence-corrected chi connectivity index (χ4v) is 7.01. The second kappa shape index (κ2) is 9.30. The number of imide groups is 1. The molecule has 6 atom stereocenters. The van der Waals surface area contributed by atoms with Crippen molar-refractivity contribution in [3.05, 3.63) is 77.7 Å². The van der Waals surface area contributed by atoms with Gasteiger partial charge in [0.25, 0.3) is 0 Å². The number of hydrogen-bond donors (Lipinski definition) is 0. The number of carbonyl (C=O) groups excluding carboxylic acids is 2. The highest BCUT2D eigenvalue weighted by Gasteiger charge is 2.47. The molecule has 3 fully saturated rings. The molecule has 0 spiro atoms. The van der Waals surface area contributed by atoms with E-state index in [9.17, 15) is 14.0 Å². The predicted octanol–water partition coefficient (Wildman–Crippen LogP) is 6.12. The largest absolute Gasteiger partial charge is 0.447 e. The van der Waals surface area contributed by atoms with E-state index in [4.69, 9.17) is 4.74 Å². The molecule has 6 heteroatoms. The Morgan fingerprint density at radius 3 is 2.58 bits per heavy atom. The number of aromatic nitrogens is 1. The van der Waals surface area contributed by atoms with E-state index in [2.05, 4.69) is 4.98 Å². The molecule has 2 saturated carbocycles. The molecule has 2 heterocycles. The fourth-order valence-electron chi connectivity index (χ4n) is 7.01. The zero-order valence-corrected chi connectivity index (χ0v) is 20.5. The van der Waals surface area contributed by atoms with Crippen LogP contribution in [0.25, 0.3) is 10.9 Å². The second-order valence-corrected chi connectivity index (χ2v) is 10.9. The molecule has 3 aliphatic rings. The first kappa shape index (κ1) is 23.1. The van der Waals surface area contributed by atoms with Crippen LogP contribution >= 0.6 is 0 Å². The maximum atomic E-state index is 14.0. The molecule has 1 aromatic heterocycles. The van der Waals surface area contributed by atoms with Gasteiger partial charge in [0, 0.05) is 17.5 Å². The van der Waals surface area contributed by atoms with E-state index in [1.165, 1.54) is 16.5 Å². The van der Waals surface area contributed by atoms with Gasteiger partial charge in [-0.15, -0.1) is 0 Å². The van der Waals surface area contributed by atoms with Crippen LogP contribution in [0, 0.1) is 29.5 Å². The number of pyridine rings is 1. The van der Waals surface area contributed by atoms with Crippen molar-refractivity contribution in [2.45, 2.75) is 51.0 Å². The molecule has 0 N–H and O–H groups in total. The molecule has 1 unspecified atom stereocenters. The fraction of sp³-hybridized carbons (Fsp3) is 0.433. The minimum Gasteiger partial charge on any atom is -0.447 e. The van der Waals surface area contributed by atoms with Crippen molar-refractivity contribution in [2.24, 2.45) is 23.7 Å². The van der Waals surface area contributed by atoms with Gasteiger partial charge in [0.1, 0.15) is 12.4 Å². The number of ether oxygens (including phenoxy) is 1. The van der Waals surface area contributed by atoms with Crippen LogP contribution in [0.15, 0.2) is 60.8 Å². The lowest BCUT2D eigenvalue weighted by Gasteiger charge is -2.27. The van der Waals surface area contributed by atoms with Crippen molar-refractivity contribution in [2.75, 3.05) is 6.61 Å². The first-order chi connectivity index (χ1) is 17.5. The molecule has 1 saturated heterocycles. The Morgan fingerprint density at radius 1 is 1.08 bits per heavy atom. The minimum absolute atomic E-state index is 0.101. The van der Waals surface area contributed by atoms with Gasteiger partial charge in [-0.25, -0.2) is 14.1 Å². The summed E-state index contributed by atoms with van der Waals surface area (Å²) in [5, 5.41) is 0.916. The molecule has 186 valence electrons. The first-order valence-electron chi connectivity index (χ1n) is 13.1. The summed E-state index contributed by atoms with van der Waals surface area (Å²) in [5.41, 5.74) is 3.12. The van der Waals surface area contributed by atoms with Crippen LogP contribution in [0.2, 0.25) is 0 Å². The smallest absolute Gasteiger partial charge is 0.416 e. The second-order valence-electron chi connectivity index (χ2n) is 10.9. The van der Waals surface area contributed by atoms with Crippen LogP contribution in [0.4, 0.5) is 9.18 Å². The van der Waals surface area contributed by atoms with Crippen molar-refractivity contribution >= 4 is 22.9 Å². The Labute approximate surface area is 210 Å². The van der Waals surface area contributed by atoms with Crippen molar-refractivity contribution in [3.8, 4) is 0 Å². The van der Waals surface area contributed by atoms with Crippen molar-refractivity contribution in [3.63, 3.8) is 0 Å². The number of rotatable bonds is 5. The molecular formula is C30H31FN2O3. The molecule has 2 aromatic carbocycles. The molecule has 36 heavy (non-hydrogen) atoms. The van der Waals surface area contributed by atoms with E-state index >= 15 is 0 Å². The molecule has 1 aliphatic heterocycles. The van der Waals surface area contributed by atoms with Crippen LogP contribution in [0.3, 0.4) is 0 Å². The van der Waals surface area contributed by atoms with Gasteiger partial charge < -0.3 is 4.74 Å². The van der Waals surface area contributed by atoms with E-state index < -0.39 is 6.09 Å². The van der Waals surface area contributed by atoms with E-state index in [1.54, 1.807) is 12.1 Å². The van der Waals surface area contributed by atoms with E-state index in [1.807, 2.05) is 49.5 Å². The summed E-state index contributed by atoms with van der Waals surface area (Å²) in [7, 11) is 0. The average Bonchev–Trinajstić information content (AvgIpc) is 3.57. The van der Waals surface area contributed by atoms with Gasteiger partial charge in [-0.05, 0) is 91.2 Å². The highest BCUT2D eigenvalue weighted by molar-refractivity contribution is 5.94. The van der Waals surface area contributed by atoms with Crippen molar-refractivity contribution < 1.29 is 18.7 Å². The number of hydrogen-bond acceptors (Lipinski definition) is 4. The summed E-state index contributed by atoms with van der Waals surface area (Å²) in [5.74, 6) is 1.22. The zero-order chi connectivity index (χ0) is 24.8. The third kappa shape index (κ3) is 4.16. The summed E-state index contributed by atoms with van der Waals surface area (Å²) in [6.07, 6.45) is 6.04. The summed E-state index contributed by atoms with van der Waals surface area (Å²) < 4.78 is 19.3. The van der Waals surface area contributed by atoms with Gasteiger partial charge in [-0.2, -0.15) is 0 Å². The lowest BCUT2D eigenvalue weighted by Crippen LogP contribution is -2.44. The number of benzene rings is 2. The molecule has 3 aromatic rings. The number of carbonyl (C=O) groups is 2. The van der Waals surface area contributed by atoms with Crippen molar-refractivity contribution in [1.82, 2.24) is 9.88 Å².